The van der Waals surface area contributed by atoms with E-state index in [0.29, 0.717) is 18.1 Å². The van der Waals surface area contributed by atoms with E-state index >= 15 is 0 Å². The Morgan fingerprint density at radius 1 is 0.967 bits per heavy atom. The molecule has 1 amide bonds. The molecule has 0 bridgehead atoms. The minimum atomic E-state index is -0.363. The molecule has 154 valence electrons. The maximum Gasteiger partial charge on any atom is 0.277 e. The van der Waals surface area contributed by atoms with Crippen molar-refractivity contribution in [2.75, 3.05) is 13.2 Å². The Balaban J connectivity index is 1.56. The van der Waals surface area contributed by atoms with Gasteiger partial charge < -0.3 is 9.47 Å². The molecule has 1 N–H and O–H groups in total. The molecule has 3 rings (SSSR count). The Kier molecular flexibility index (Phi) is 8.04. The van der Waals surface area contributed by atoms with Crippen LogP contribution in [0.15, 0.2) is 80.8 Å². The molecule has 0 saturated heterocycles. The van der Waals surface area contributed by atoms with Crippen LogP contribution in [0.25, 0.3) is 11.1 Å². The lowest BCUT2D eigenvalue weighted by Gasteiger charge is -2.09. The lowest BCUT2D eigenvalue weighted by Crippen LogP contribution is -2.24. The summed E-state index contributed by atoms with van der Waals surface area (Å²) in [6, 6.07) is 21.4. The van der Waals surface area contributed by atoms with Gasteiger partial charge in [0.1, 0.15) is 11.5 Å². The monoisotopic (exact) mass is 530 g/mol. The minimum Gasteiger partial charge on any atom is -0.493 e. The van der Waals surface area contributed by atoms with Crippen LogP contribution in [0.3, 0.4) is 0 Å². The van der Waals surface area contributed by atoms with Gasteiger partial charge in [-0.3, -0.25) is 4.79 Å². The maximum atomic E-state index is 12.1. The van der Waals surface area contributed by atoms with Gasteiger partial charge in [-0.1, -0.05) is 52.3 Å². The molecule has 3 aromatic carbocycles. The molecule has 5 nitrogen and oxygen atoms in total. The minimum absolute atomic E-state index is 0.155. The average Bonchev–Trinajstić information content (AvgIpc) is 2.75. The van der Waals surface area contributed by atoms with Crippen molar-refractivity contribution in [1.29, 1.82) is 0 Å². The summed E-state index contributed by atoms with van der Waals surface area (Å²) in [5, 5.41) is 4.00. The largest absolute Gasteiger partial charge is 0.493 e. The highest BCUT2D eigenvalue weighted by Crippen LogP contribution is 2.30. The number of nitrogens with zero attached hydrogens (tertiary/aromatic N) is 1. The number of carbonyl (C=O) groups is 1. The van der Waals surface area contributed by atoms with Crippen molar-refractivity contribution in [3.05, 3.63) is 81.2 Å². The Labute approximate surface area is 192 Å². The summed E-state index contributed by atoms with van der Waals surface area (Å²) < 4.78 is 12.8. The number of hydrazone groups is 1. The van der Waals surface area contributed by atoms with Crippen LogP contribution in [0.2, 0.25) is 0 Å². The topological polar surface area (TPSA) is 59.9 Å². The molecular weight excluding hydrogens is 512 g/mol. The summed E-state index contributed by atoms with van der Waals surface area (Å²) in [5.41, 5.74) is 5.39. The molecule has 0 heterocycles. The predicted octanol–water partition coefficient (Wildman–Crippen LogP) is 5.81. The van der Waals surface area contributed by atoms with E-state index in [1.807, 2.05) is 73.7 Å². The van der Waals surface area contributed by atoms with Gasteiger partial charge in [0.15, 0.2) is 6.61 Å². The fourth-order valence-electron chi connectivity index (χ4n) is 2.68. The van der Waals surface area contributed by atoms with Crippen LogP contribution in [0, 0.1) is 0 Å². The second-order valence-electron chi connectivity index (χ2n) is 6.21. The first kappa shape index (κ1) is 22.1. The van der Waals surface area contributed by atoms with Gasteiger partial charge in [-0.05, 0) is 64.3 Å². The van der Waals surface area contributed by atoms with Gasteiger partial charge >= 0.3 is 0 Å². The van der Waals surface area contributed by atoms with Crippen LogP contribution in [-0.4, -0.2) is 25.3 Å². The van der Waals surface area contributed by atoms with Crippen molar-refractivity contribution in [3.8, 4) is 22.6 Å². The van der Waals surface area contributed by atoms with Gasteiger partial charge in [-0.25, -0.2) is 5.43 Å². The molecule has 0 aliphatic rings. The Morgan fingerprint density at radius 3 is 2.47 bits per heavy atom. The van der Waals surface area contributed by atoms with E-state index in [0.717, 1.165) is 25.6 Å². The fraction of sp³-hybridized carbons (Fsp3) is 0.130. The number of amides is 1. The smallest absolute Gasteiger partial charge is 0.277 e. The van der Waals surface area contributed by atoms with E-state index in [1.54, 1.807) is 0 Å². The Hall–Kier alpha value is -2.64. The molecule has 0 aromatic heterocycles. The van der Waals surface area contributed by atoms with E-state index in [4.69, 9.17) is 9.47 Å². The Bertz CT molecular complexity index is 1040. The zero-order valence-corrected chi connectivity index (χ0v) is 19.4. The van der Waals surface area contributed by atoms with Crippen molar-refractivity contribution < 1.29 is 14.3 Å². The van der Waals surface area contributed by atoms with E-state index in [2.05, 4.69) is 42.4 Å². The van der Waals surface area contributed by atoms with Crippen molar-refractivity contribution in [2.45, 2.75) is 6.92 Å². The van der Waals surface area contributed by atoms with Gasteiger partial charge in [0.05, 0.1) is 17.3 Å². The van der Waals surface area contributed by atoms with Crippen LogP contribution >= 0.6 is 31.9 Å². The standard InChI is InChI=1S/C23H20Br2N2O3/c1-2-29-21-11-9-19(24)12-18(21)14-26-27-23(28)15-30-22-10-8-17(13-20(22)25)16-6-4-3-5-7-16/h3-14H,2,15H2,1H3,(H,27,28)/b26-14+. The number of benzene rings is 3. The summed E-state index contributed by atoms with van der Waals surface area (Å²) in [4.78, 5) is 12.1. The molecule has 0 radical (unpaired) electrons. The molecular formula is C23H20Br2N2O3. The molecule has 7 heteroatoms. The van der Waals surface area contributed by atoms with Crippen LogP contribution < -0.4 is 14.9 Å². The molecule has 0 saturated carbocycles. The van der Waals surface area contributed by atoms with Crippen LogP contribution in [0.4, 0.5) is 0 Å². The summed E-state index contributed by atoms with van der Waals surface area (Å²) in [7, 11) is 0. The number of rotatable bonds is 8. The summed E-state index contributed by atoms with van der Waals surface area (Å²) in [6.07, 6.45) is 1.54. The second-order valence-corrected chi connectivity index (χ2v) is 7.98. The zero-order valence-electron chi connectivity index (χ0n) is 16.3. The van der Waals surface area contributed by atoms with Crippen LogP contribution in [0.1, 0.15) is 12.5 Å². The molecule has 3 aromatic rings. The van der Waals surface area contributed by atoms with E-state index in [9.17, 15) is 4.79 Å². The SMILES string of the molecule is CCOc1ccc(Br)cc1/C=N/NC(=O)COc1ccc(-c2ccccc2)cc1Br. The van der Waals surface area contributed by atoms with E-state index < -0.39 is 0 Å². The van der Waals surface area contributed by atoms with Gasteiger partial charge in [0.2, 0.25) is 0 Å². The lowest BCUT2D eigenvalue weighted by molar-refractivity contribution is -0.123. The summed E-state index contributed by atoms with van der Waals surface area (Å²) in [5.74, 6) is 0.912. The third kappa shape index (κ3) is 6.18. The van der Waals surface area contributed by atoms with E-state index in [-0.39, 0.29) is 12.5 Å². The molecule has 0 spiro atoms. The first-order valence-electron chi connectivity index (χ1n) is 9.29. The van der Waals surface area contributed by atoms with Crippen molar-refractivity contribution >= 4 is 44.0 Å². The Morgan fingerprint density at radius 2 is 1.73 bits per heavy atom. The number of ether oxygens (including phenoxy) is 2. The maximum absolute atomic E-state index is 12.1. The third-order valence-corrected chi connectivity index (χ3v) is 5.18. The number of carbonyl (C=O) groups excluding carboxylic acids is 1. The summed E-state index contributed by atoms with van der Waals surface area (Å²) >= 11 is 6.92. The van der Waals surface area contributed by atoms with Crippen LogP contribution in [-0.2, 0) is 4.79 Å². The fourth-order valence-corrected chi connectivity index (χ4v) is 3.56. The normalized spacial score (nSPS) is 10.8. The number of hydrogen-bond acceptors (Lipinski definition) is 4. The van der Waals surface area contributed by atoms with Crippen molar-refractivity contribution in [2.24, 2.45) is 5.10 Å². The van der Waals surface area contributed by atoms with Gasteiger partial charge in [-0.2, -0.15) is 5.10 Å². The first-order chi connectivity index (χ1) is 14.6. The third-order valence-electron chi connectivity index (χ3n) is 4.06. The highest BCUT2D eigenvalue weighted by Gasteiger charge is 2.08. The number of nitrogens with one attached hydrogen (secondary N) is 1. The molecule has 0 aliphatic carbocycles. The van der Waals surface area contributed by atoms with Gasteiger partial charge in [0, 0.05) is 10.0 Å². The number of halogens is 2. The molecule has 0 aliphatic heterocycles. The highest BCUT2D eigenvalue weighted by molar-refractivity contribution is 9.10. The molecule has 30 heavy (non-hydrogen) atoms. The van der Waals surface area contributed by atoms with Gasteiger partial charge in [-0.15, -0.1) is 0 Å². The predicted molar refractivity (Wildman–Crippen MR) is 126 cm³/mol. The quantitative estimate of drug-likeness (QED) is 0.295. The summed E-state index contributed by atoms with van der Waals surface area (Å²) in [6.45, 7) is 2.30. The van der Waals surface area contributed by atoms with E-state index in [1.165, 1.54) is 6.21 Å². The second kappa shape index (κ2) is 10.9. The average molecular weight is 532 g/mol. The number of hydrogen-bond donors (Lipinski definition) is 1. The first-order valence-corrected chi connectivity index (χ1v) is 10.9. The van der Waals surface area contributed by atoms with Gasteiger partial charge in [0.25, 0.3) is 5.91 Å². The molecule has 0 unspecified atom stereocenters. The zero-order chi connectivity index (χ0) is 21.3. The van der Waals surface area contributed by atoms with Crippen LogP contribution in [0.5, 0.6) is 11.5 Å². The lowest BCUT2D eigenvalue weighted by atomic mass is 10.1. The molecule has 0 atom stereocenters. The van der Waals surface area contributed by atoms with Crippen molar-refractivity contribution in [3.63, 3.8) is 0 Å². The highest BCUT2D eigenvalue weighted by atomic mass is 79.9. The van der Waals surface area contributed by atoms with Crippen molar-refractivity contribution in [1.82, 2.24) is 5.43 Å². The molecule has 0 fully saturated rings.